The molecule has 0 aliphatic heterocycles. The Labute approximate surface area is 310 Å². The zero-order chi connectivity index (χ0) is 35.1. The van der Waals surface area contributed by atoms with Crippen LogP contribution < -0.4 is 0 Å². The van der Waals surface area contributed by atoms with Gasteiger partial charge in [0.25, 0.3) is 0 Å². The lowest BCUT2D eigenvalue weighted by molar-refractivity contribution is -0.119. The molecule has 280 valence electrons. The maximum Gasteiger partial charge on any atom is 0.132 e. The lowest BCUT2D eigenvalue weighted by atomic mass is 9.77. The van der Waals surface area contributed by atoms with Crippen LogP contribution in [0.3, 0.4) is 0 Å². The Kier molecular flexibility index (Phi) is 20.6. The van der Waals surface area contributed by atoms with Crippen molar-refractivity contribution in [2.75, 3.05) is 0 Å². The molecule has 1 nitrogen and oxygen atoms in total. The van der Waals surface area contributed by atoms with Crippen LogP contribution in [0, 0.1) is 11.8 Å². The van der Waals surface area contributed by atoms with Crippen LogP contribution in [0.25, 0.3) is 0 Å². The lowest BCUT2D eigenvalue weighted by Crippen LogP contribution is -2.13. The highest BCUT2D eigenvalue weighted by Crippen LogP contribution is 2.39. The van der Waals surface area contributed by atoms with Crippen molar-refractivity contribution in [1.82, 2.24) is 0 Å². The van der Waals surface area contributed by atoms with E-state index < -0.39 is 0 Å². The summed E-state index contributed by atoms with van der Waals surface area (Å²) < 4.78 is 0. The van der Waals surface area contributed by atoms with Crippen molar-refractivity contribution in [3.63, 3.8) is 0 Å². The van der Waals surface area contributed by atoms with Crippen molar-refractivity contribution >= 4 is 5.78 Å². The monoisotopic (exact) mass is 683 g/mol. The first-order valence-electron chi connectivity index (χ1n) is 22.3. The number of unbranched alkanes of at least 4 members (excludes halogenated alkanes) is 12. The molecule has 50 heavy (non-hydrogen) atoms. The number of ketones is 1. The first-order chi connectivity index (χ1) is 24.6. The van der Waals surface area contributed by atoms with Crippen molar-refractivity contribution in [3.05, 3.63) is 70.8 Å². The number of rotatable bonds is 26. The topological polar surface area (TPSA) is 17.1 Å². The van der Waals surface area contributed by atoms with E-state index in [9.17, 15) is 4.79 Å². The summed E-state index contributed by atoms with van der Waals surface area (Å²) in [7, 11) is 0. The molecule has 0 heterocycles. The number of Topliss-reactive ketones (excluding diaryl/α,β-unsaturated/α-hetero) is 1. The maximum absolute atomic E-state index is 12.4. The summed E-state index contributed by atoms with van der Waals surface area (Å²) in [4.78, 5) is 12.4. The Hall–Kier alpha value is -1.89. The molecule has 1 heteroatoms. The summed E-state index contributed by atoms with van der Waals surface area (Å²) in [5, 5.41) is 0. The fourth-order valence-corrected chi connectivity index (χ4v) is 9.34. The molecular weight excluding hydrogens is 605 g/mol. The Balaban J connectivity index is 0.901. The number of carbonyl (C=O) groups excluding carboxylic acids is 1. The molecule has 0 unspecified atom stereocenters. The van der Waals surface area contributed by atoms with Gasteiger partial charge in [-0.2, -0.15) is 0 Å². The van der Waals surface area contributed by atoms with E-state index in [0.29, 0.717) is 5.78 Å². The largest absolute Gasteiger partial charge is 0.300 e. The molecule has 0 atom stereocenters. The molecule has 0 spiro atoms. The molecule has 2 fully saturated rings. The lowest BCUT2D eigenvalue weighted by Gasteiger charge is -2.29. The fourth-order valence-electron chi connectivity index (χ4n) is 9.34. The second-order valence-electron chi connectivity index (χ2n) is 17.0. The molecule has 0 bridgehead atoms. The van der Waals surface area contributed by atoms with Crippen LogP contribution in [0.2, 0.25) is 0 Å². The van der Waals surface area contributed by atoms with Gasteiger partial charge in [-0.25, -0.2) is 0 Å². The highest BCUT2D eigenvalue weighted by molar-refractivity contribution is 5.78. The molecular formula is C49H78O. The molecule has 2 aliphatic carbocycles. The Morgan fingerprint density at radius 3 is 1.18 bits per heavy atom. The first kappa shape index (κ1) is 40.9. The maximum atomic E-state index is 12.4. The molecule has 0 saturated heterocycles. The summed E-state index contributed by atoms with van der Waals surface area (Å²) >= 11 is 0. The van der Waals surface area contributed by atoms with E-state index in [1.807, 2.05) is 0 Å². The predicted molar refractivity (Wildman–Crippen MR) is 218 cm³/mol. The van der Waals surface area contributed by atoms with Crippen LogP contribution in [0.5, 0.6) is 0 Å². The van der Waals surface area contributed by atoms with Crippen molar-refractivity contribution in [2.24, 2.45) is 11.8 Å². The average molecular weight is 683 g/mol. The molecule has 0 N–H and O–H groups in total. The minimum absolute atomic E-state index is 0.524. The SMILES string of the molecule is CCCCCc1ccc(C2CCC(CCCCCCCC(=O)CCCCCCC[C@H]3CC[C@H](c4ccc(CCCCC)cc4)CC3)CC2)cc1. The van der Waals surface area contributed by atoms with E-state index in [2.05, 4.69) is 62.4 Å². The summed E-state index contributed by atoms with van der Waals surface area (Å²) in [5.74, 6) is 4.02. The Morgan fingerprint density at radius 2 is 0.800 bits per heavy atom. The van der Waals surface area contributed by atoms with Gasteiger partial charge >= 0.3 is 0 Å². The third-order valence-electron chi connectivity index (χ3n) is 12.9. The molecule has 2 saturated carbocycles. The normalized spacial score (nSPS) is 21.0. The minimum Gasteiger partial charge on any atom is -0.300 e. The number of hydrogen-bond donors (Lipinski definition) is 0. The van der Waals surface area contributed by atoms with Crippen molar-refractivity contribution in [1.29, 1.82) is 0 Å². The molecule has 0 amide bonds. The van der Waals surface area contributed by atoms with Crippen molar-refractivity contribution < 1.29 is 4.79 Å². The zero-order valence-corrected chi connectivity index (χ0v) is 33.0. The molecule has 0 aromatic heterocycles. The van der Waals surface area contributed by atoms with Crippen LogP contribution in [-0.4, -0.2) is 5.78 Å². The summed E-state index contributed by atoms with van der Waals surface area (Å²) in [6.45, 7) is 4.57. The van der Waals surface area contributed by atoms with Gasteiger partial charge in [-0.15, -0.1) is 0 Å². The van der Waals surface area contributed by atoms with E-state index in [1.54, 1.807) is 11.1 Å². The van der Waals surface area contributed by atoms with Gasteiger partial charge in [0.2, 0.25) is 0 Å². The number of benzene rings is 2. The van der Waals surface area contributed by atoms with Gasteiger partial charge in [0, 0.05) is 12.8 Å². The van der Waals surface area contributed by atoms with Crippen molar-refractivity contribution in [3.8, 4) is 0 Å². The van der Waals surface area contributed by atoms with Crippen LogP contribution in [-0.2, 0) is 17.6 Å². The highest BCUT2D eigenvalue weighted by Gasteiger charge is 2.23. The van der Waals surface area contributed by atoms with Crippen LogP contribution in [0.4, 0.5) is 0 Å². The average Bonchev–Trinajstić information content (AvgIpc) is 3.15. The second kappa shape index (κ2) is 25.1. The molecule has 0 radical (unpaired) electrons. The van der Waals surface area contributed by atoms with Crippen molar-refractivity contribution in [2.45, 2.75) is 218 Å². The van der Waals surface area contributed by atoms with Crippen LogP contribution >= 0.6 is 0 Å². The van der Waals surface area contributed by atoms with E-state index in [4.69, 9.17) is 0 Å². The van der Waals surface area contributed by atoms with Gasteiger partial charge in [-0.3, -0.25) is 4.79 Å². The Morgan fingerprint density at radius 1 is 0.440 bits per heavy atom. The quantitative estimate of drug-likeness (QED) is 0.0903. The summed E-state index contributed by atoms with van der Waals surface area (Å²) in [6, 6.07) is 19.3. The molecule has 2 aliphatic rings. The van der Waals surface area contributed by atoms with Gasteiger partial charge in [0.1, 0.15) is 5.78 Å². The molecule has 4 rings (SSSR count). The van der Waals surface area contributed by atoms with Crippen LogP contribution in [0.15, 0.2) is 48.5 Å². The van der Waals surface area contributed by atoms with E-state index in [1.165, 1.54) is 178 Å². The highest BCUT2D eigenvalue weighted by atomic mass is 16.1. The first-order valence-corrected chi connectivity index (χ1v) is 22.3. The van der Waals surface area contributed by atoms with Gasteiger partial charge in [-0.1, -0.05) is 152 Å². The van der Waals surface area contributed by atoms with Gasteiger partial charge in [0.15, 0.2) is 0 Å². The smallest absolute Gasteiger partial charge is 0.132 e. The minimum atomic E-state index is 0.524. The number of hydrogen-bond acceptors (Lipinski definition) is 1. The standard InChI is InChI=1S/C49H78O/c1-3-5-13-19-41-25-33-45(34-26-41)47-37-29-43(30-38-47)21-15-9-7-11-17-23-49(50)24-18-12-8-10-16-22-44-31-39-48(40-32-44)46-35-27-42(28-36-46)20-14-6-4-2/h25-28,33-36,43-44,47-48H,3-24,29-32,37-40H2,1-2H3/t43-,44?,47-,48?. The molecule has 2 aromatic rings. The van der Waals surface area contributed by atoms with E-state index in [0.717, 1.165) is 49.4 Å². The van der Waals surface area contributed by atoms with Gasteiger partial charge in [0.05, 0.1) is 0 Å². The third-order valence-corrected chi connectivity index (χ3v) is 12.9. The van der Waals surface area contributed by atoms with E-state index >= 15 is 0 Å². The fraction of sp³-hybridized carbons (Fsp3) is 0.735. The summed E-state index contributed by atoms with van der Waals surface area (Å²) in [5.41, 5.74) is 6.22. The Bertz CT molecular complexity index is 1020. The second-order valence-corrected chi connectivity index (χ2v) is 17.0. The van der Waals surface area contributed by atoms with E-state index in [-0.39, 0.29) is 0 Å². The zero-order valence-electron chi connectivity index (χ0n) is 33.0. The number of aryl methyl sites for hydroxylation is 2. The van der Waals surface area contributed by atoms with Gasteiger partial charge in [-0.05, 0) is 136 Å². The van der Waals surface area contributed by atoms with Crippen LogP contribution in [0.1, 0.15) is 228 Å². The summed E-state index contributed by atoms with van der Waals surface area (Å²) in [6.07, 6.45) is 39.1. The molecule has 2 aromatic carbocycles. The van der Waals surface area contributed by atoms with Gasteiger partial charge < -0.3 is 0 Å². The predicted octanol–water partition coefficient (Wildman–Crippen LogP) is 15.4. The number of carbonyl (C=O) groups is 1. The third kappa shape index (κ3) is 16.2.